The molecule has 0 amide bonds. The van der Waals surface area contributed by atoms with Gasteiger partial charge in [0.05, 0.1) is 5.41 Å². The number of hydrogen-bond acceptors (Lipinski definition) is 4. The molecule has 1 fully saturated rings. The van der Waals surface area contributed by atoms with Crippen LogP contribution in [0.2, 0.25) is 5.04 Å². The van der Waals surface area contributed by atoms with Crippen LogP contribution in [0.3, 0.4) is 0 Å². The van der Waals surface area contributed by atoms with Gasteiger partial charge in [0, 0.05) is 19.1 Å². The first-order valence-corrected chi connectivity index (χ1v) is 17.4. The second-order valence-corrected chi connectivity index (χ2v) is 18.4. The van der Waals surface area contributed by atoms with Gasteiger partial charge in [-0.3, -0.25) is 9.59 Å². The molecule has 0 spiro atoms. The van der Waals surface area contributed by atoms with Crippen LogP contribution < -0.4 is 10.4 Å². The van der Waals surface area contributed by atoms with Crippen LogP contribution in [0.15, 0.2) is 71.8 Å². The summed E-state index contributed by atoms with van der Waals surface area (Å²) < 4.78 is 13.1. The van der Waals surface area contributed by atoms with Crippen molar-refractivity contribution in [1.82, 2.24) is 0 Å². The van der Waals surface area contributed by atoms with E-state index >= 15 is 0 Å². The van der Waals surface area contributed by atoms with Crippen molar-refractivity contribution in [2.75, 3.05) is 6.61 Å². The Kier molecular flexibility index (Phi) is 9.21. The molecule has 5 heteroatoms. The predicted octanol–water partition coefficient (Wildman–Crippen LogP) is 7.40. The molecular formula is C36H50O4Si. The zero-order chi connectivity index (χ0) is 30.1. The number of carbonyl (C=O) groups excluding carboxylic acids is 2. The molecule has 2 aliphatic rings. The fraction of sp³-hybridized carbons (Fsp3) is 0.556. The Bertz CT molecular complexity index is 1220. The lowest BCUT2D eigenvalue weighted by Gasteiger charge is -2.46. The van der Waals surface area contributed by atoms with Gasteiger partial charge >= 0.3 is 5.97 Å². The fourth-order valence-electron chi connectivity index (χ4n) is 7.50. The molecule has 2 aliphatic carbocycles. The highest BCUT2D eigenvalue weighted by Gasteiger charge is 2.55. The Labute approximate surface area is 249 Å². The zero-order valence-corrected chi connectivity index (χ0v) is 27.5. The summed E-state index contributed by atoms with van der Waals surface area (Å²) in [5.41, 5.74) is 1.56. The van der Waals surface area contributed by atoms with Gasteiger partial charge in [0.2, 0.25) is 0 Å². The SMILES string of the molecule is CC(=O)O[C@@H](CCCO[Si](c1ccccc1)(c1ccccc1)C(C)(C)C)[C@]1(C)CC[C@@]2(C)CCC(C(C)C)=C2C1=O. The Morgan fingerprint density at radius 3 is 1.98 bits per heavy atom. The zero-order valence-electron chi connectivity index (χ0n) is 26.5. The normalized spacial score (nSPS) is 24.0. The van der Waals surface area contributed by atoms with E-state index in [9.17, 15) is 9.59 Å². The van der Waals surface area contributed by atoms with E-state index in [1.807, 2.05) is 6.92 Å². The van der Waals surface area contributed by atoms with Crippen molar-refractivity contribution in [1.29, 1.82) is 0 Å². The van der Waals surface area contributed by atoms with Crippen LogP contribution in [-0.4, -0.2) is 32.8 Å². The molecule has 0 heterocycles. The van der Waals surface area contributed by atoms with Crippen molar-refractivity contribution in [3.8, 4) is 0 Å². The van der Waals surface area contributed by atoms with Crippen molar-refractivity contribution in [2.45, 2.75) is 105 Å². The number of carbonyl (C=O) groups is 2. The molecule has 0 unspecified atom stereocenters. The molecule has 1 saturated carbocycles. The van der Waals surface area contributed by atoms with E-state index in [1.165, 1.54) is 22.9 Å². The van der Waals surface area contributed by atoms with E-state index in [1.54, 1.807) is 0 Å². The van der Waals surface area contributed by atoms with E-state index in [-0.39, 0.29) is 22.2 Å². The quantitative estimate of drug-likeness (QED) is 0.169. The highest BCUT2D eigenvalue weighted by atomic mass is 28.4. The van der Waals surface area contributed by atoms with Gasteiger partial charge in [-0.25, -0.2) is 0 Å². The van der Waals surface area contributed by atoms with Gasteiger partial charge in [-0.05, 0) is 72.2 Å². The molecule has 0 saturated heterocycles. The fourth-order valence-corrected chi connectivity index (χ4v) is 12.1. The summed E-state index contributed by atoms with van der Waals surface area (Å²) in [5, 5.41) is 2.39. The third-order valence-electron chi connectivity index (χ3n) is 9.87. The molecule has 0 aromatic heterocycles. The van der Waals surface area contributed by atoms with E-state index < -0.39 is 19.8 Å². The number of rotatable bonds is 10. The number of fused-ring (bicyclic) bond motifs is 1. The summed E-state index contributed by atoms with van der Waals surface area (Å²) in [6, 6.07) is 21.3. The standard InChI is InChI=1S/C36H50O4Si/c1-26(2)30-21-22-35(7)23-24-36(8,33(38)32(30)35)31(40-27(3)37)20-15-25-39-41(34(4,5)6,28-16-11-9-12-17-28)29-18-13-10-14-19-29/h9-14,16-19,26,31H,15,20-25H2,1-8H3/t31-,35+,36-/m0/s1. The van der Waals surface area contributed by atoms with E-state index in [0.717, 1.165) is 31.3 Å². The van der Waals surface area contributed by atoms with Crippen LogP contribution in [-0.2, 0) is 18.8 Å². The van der Waals surface area contributed by atoms with Crippen molar-refractivity contribution >= 4 is 30.4 Å². The van der Waals surface area contributed by atoms with Crippen LogP contribution in [0.5, 0.6) is 0 Å². The van der Waals surface area contributed by atoms with Gasteiger partial charge in [0.15, 0.2) is 5.78 Å². The minimum absolute atomic E-state index is 0.0522. The van der Waals surface area contributed by atoms with Crippen LogP contribution >= 0.6 is 0 Å². The minimum Gasteiger partial charge on any atom is -0.461 e. The monoisotopic (exact) mass is 574 g/mol. The van der Waals surface area contributed by atoms with Gasteiger partial charge in [0.1, 0.15) is 6.10 Å². The molecular weight excluding hydrogens is 524 g/mol. The Morgan fingerprint density at radius 1 is 0.927 bits per heavy atom. The van der Waals surface area contributed by atoms with Gasteiger partial charge in [-0.1, -0.05) is 108 Å². The first kappa shape index (κ1) is 31.4. The number of ether oxygens (including phenoxy) is 1. The van der Waals surface area contributed by atoms with Gasteiger partial charge < -0.3 is 9.16 Å². The molecule has 222 valence electrons. The summed E-state index contributed by atoms with van der Waals surface area (Å²) in [6.45, 7) is 17.5. The molecule has 0 aliphatic heterocycles. The minimum atomic E-state index is -2.66. The molecule has 0 bridgehead atoms. The van der Waals surface area contributed by atoms with Gasteiger partial charge in [0.25, 0.3) is 8.32 Å². The Morgan fingerprint density at radius 2 is 1.49 bits per heavy atom. The van der Waals surface area contributed by atoms with Gasteiger partial charge in [-0.15, -0.1) is 0 Å². The average molecular weight is 575 g/mol. The molecule has 2 aromatic carbocycles. The average Bonchev–Trinajstić information content (AvgIpc) is 3.29. The maximum absolute atomic E-state index is 14.3. The van der Waals surface area contributed by atoms with E-state index in [4.69, 9.17) is 9.16 Å². The molecule has 4 rings (SSSR count). The maximum atomic E-state index is 14.3. The third-order valence-corrected chi connectivity index (χ3v) is 14.9. The lowest BCUT2D eigenvalue weighted by atomic mass is 9.59. The van der Waals surface area contributed by atoms with Crippen LogP contribution in [0.25, 0.3) is 0 Å². The topological polar surface area (TPSA) is 52.6 Å². The lowest BCUT2D eigenvalue weighted by Crippen LogP contribution is -2.66. The van der Waals surface area contributed by atoms with E-state index in [2.05, 4.69) is 102 Å². The number of ketones is 1. The molecule has 41 heavy (non-hydrogen) atoms. The summed E-state index contributed by atoms with van der Waals surface area (Å²) >= 11 is 0. The van der Waals surface area contributed by atoms with Crippen LogP contribution in [0, 0.1) is 16.7 Å². The molecule has 0 radical (unpaired) electrons. The first-order valence-electron chi connectivity index (χ1n) is 15.5. The molecule has 0 N–H and O–H groups in total. The van der Waals surface area contributed by atoms with Crippen molar-refractivity contribution < 1.29 is 18.8 Å². The smallest absolute Gasteiger partial charge is 0.302 e. The highest BCUT2D eigenvalue weighted by molar-refractivity contribution is 6.99. The second kappa shape index (κ2) is 12.0. The van der Waals surface area contributed by atoms with Crippen LogP contribution in [0.4, 0.5) is 0 Å². The number of Topliss-reactive ketones (excluding diaryl/α,β-unsaturated/α-hetero) is 1. The largest absolute Gasteiger partial charge is 0.461 e. The Hall–Kier alpha value is -2.50. The molecule has 3 atom stereocenters. The van der Waals surface area contributed by atoms with Crippen molar-refractivity contribution in [3.05, 3.63) is 71.8 Å². The predicted molar refractivity (Wildman–Crippen MR) is 170 cm³/mol. The third kappa shape index (κ3) is 5.90. The number of benzene rings is 2. The molecule has 4 nitrogen and oxygen atoms in total. The number of allylic oxidation sites excluding steroid dienone is 2. The highest BCUT2D eigenvalue weighted by Crippen LogP contribution is 2.57. The van der Waals surface area contributed by atoms with Crippen LogP contribution in [0.1, 0.15) is 93.9 Å². The van der Waals surface area contributed by atoms with E-state index in [0.29, 0.717) is 25.4 Å². The number of esters is 1. The first-order chi connectivity index (χ1) is 19.3. The summed E-state index contributed by atoms with van der Waals surface area (Å²) in [6.07, 6.45) is 4.57. The lowest BCUT2D eigenvalue weighted by molar-refractivity contribution is -0.159. The van der Waals surface area contributed by atoms with Gasteiger partial charge in [-0.2, -0.15) is 0 Å². The van der Waals surface area contributed by atoms with Crippen molar-refractivity contribution in [3.63, 3.8) is 0 Å². The second-order valence-electron chi connectivity index (χ2n) is 14.1. The summed E-state index contributed by atoms with van der Waals surface area (Å²) in [5.74, 6) is 0.228. The number of hydrogen-bond donors (Lipinski definition) is 0. The summed E-state index contributed by atoms with van der Waals surface area (Å²) in [7, 11) is -2.66. The molecule has 2 aromatic rings. The summed E-state index contributed by atoms with van der Waals surface area (Å²) in [4.78, 5) is 26.6. The Balaban J connectivity index is 1.60. The maximum Gasteiger partial charge on any atom is 0.302 e. The van der Waals surface area contributed by atoms with Crippen molar-refractivity contribution in [2.24, 2.45) is 16.7 Å².